The Morgan fingerprint density at radius 1 is 1.20 bits per heavy atom. The summed E-state index contributed by atoms with van der Waals surface area (Å²) in [5.41, 5.74) is 0.385. The topological polar surface area (TPSA) is 57.7 Å². The highest BCUT2D eigenvalue weighted by molar-refractivity contribution is 7.89. The quantitative estimate of drug-likeness (QED) is 0.815. The lowest BCUT2D eigenvalue weighted by Crippen LogP contribution is -2.50. The zero-order valence-corrected chi connectivity index (χ0v) is 15.4. The van der Waals surface area contributed by atoms with Crippen LogP contribution in [-0.2, 0) is 21.2 Å². The van der Waals surface area contributed by atoms with Gasteiger partial charge in [0.1, 0.15) is 5.82 Å². The zero-order chi connectivity index (χ0) is 18.0. The Bertz CT molecular complexity index is 858. The van der Waals surface area contributed by atoms with Crippen molar-refractivity contribution in [1.82, 2.24) is 9.21 Å². The highest BCUT2D eigenvalue weighted by Crippen LogP contribution is 2.22. The predicted molar refractivity (Wildman–Crippen MR) is 94.5 cm³/mol. The highest BCUT2D eigenvalue weighted by Gasteiger charge is 2.31. The SMILES string of the molecule is Cc1cc(F)ccc1S(=O)(=O)N1CCN(C(=O)Cc2cccs2)CC1. The van der Waals surface area contributed by atoms with Crippen molar-refractivity contribution in [1.29, 1.82) is 0 Å². The Kier molecular flexibility index (Phi) is 5.21. The summed E-state index contributed by atoms with van der Waals surface area (Å²) in [5.74, 6) is -0.446. The van der Waals surface area contributed by atoms with Gasteiger partial charge in [-0.05, 0) is 42.1 Å². The number of carbonyl (C=O) groups is 1. The summed E-state index contributed by atoms with van der Waals surface area (Å²) in [5, 5.41) is 1.93. The van der Waals surface area contributed by atoms with Gasteiger partial charge < -0.3 is 4.90 Å². The van der Waals surface area contributed by atoms with Crippen LogP contribution in [0.25, 0.3) is 0 Å². The van der Waals surface area contributed by atoms with Crippen LogP contribution in [0.2, 0.25) is 0 Å². The van der Waals surface area contributed by atoms with E-state index in [0.29, 0.717) is 25.1 Å². The molecule has 0 bridgehead atoms. The van der Waals surface area contributed by atoms with Crippen molar-refractivity contribution < 1.29 is 17.6 Å². The van der Waals surface area contributed by atoms with Gasteiger partial charge in [-0.25, -0.2) is 12.8 Å². The van der Waals surface area contributed by atoms with Crippen molar-refractivity contribution in [3.63, 3.8) is 0 Å². The minimum atomic E-state index is -3.68. The van der Waals surface area contributed by atoms with Gasteiger partial charge in [-0.15, -0.1) is 11.3 Å². The first kappa shape index (κ1) is 18.0. The third-order valence-electron chi connectivity index (χ3n) is 4.25. The normalized spacial score (nSPS) is 16.2. The number of benzene rings is 1. The first-order valence-electron chi connectivity index (χ1n) is 7.94. The van der Waals surface area contributed by atoms with Crippen LogP contribution in [0.1, 0.15) is 10.4 Å². The number of piperazine rings is 1. The molecule has 2 heterocycles. The van der Waals surface area contributed by atoms with E-state index in [-0.39, 0.29) is 23.9 Å². The fraction of sp³-hybridized carbons (Fsp3) is 0.353. The second-order valence-electron chi connectivity index (χ2n) is 5.95. The molecule has 2 aromatic rings. The van der Waals surface area contributed by atoms with Gasteiger partial charge in [-0.1, -0.05) is 6.07 Å². The minimum absolute atomic E-state index is 0.0115. The molecule has 0 spiro atoms. The smallest absolute Gasteiger partial charge is 0.243 e. The van der Waals surface area contributed by atoms with Gasteiger partial charge in [-0.2, -0.15) is 4.31 Å². The van der Waals surface area contributed by atoms with Gasteiger partial charge in [0.25, 0.3) is 0 Å². The number of hydrogen-bond donors (Lipinski definition) is 0. The summed E-state index contributed by atoms with van der Waals surface area (Å²) < 4.78 is 40.1. The number of amides is 1. The zero-order valence-electron chi connectivity index (χ0n) is 13.8. The number of thiophene rings is 1. The first-order chi connectivity index (χ1) is 11.9. The molecule has 1 saturated heterocycles. The fourth-order valence-electron chi connectivity index (χ4n) is 2.89. The molecule has 25 heavy (non-hydrogen) atoms. The van der Waals surface area contributed by atoms with E-state index < -0.39 is 15.8 Å². The molecular formula is C17H19FN2O3S2. The molecule has 1 aromatic carbocycles. The number of sulfonamides is 1. The maximum absolute atomic E-state index is 13.2. The van der Waals surface area contributed by atoms with Crippen LogP contribution in [0.4, 0.5) is 4.39 Å². The van der Waals surface area contributed by atoms with Crippen LogP contribution < -0.4 is 0 Å². The fourth-order valence-corrected chi connectivity index (χ4v) is 5.22. The lowest BCUT2D eigenvalue weighted by molar-refractivity contribution is -0.131. The van der Waals surface area contributed by atoms with Crippen LogP contribution in [0, 0.1) is 12.7 Å². The second kappa shape index (κ2) is 7.23. The molecule has 1 aliphatic rings. The van der Waals surface area contributed by atoms with E-state index in [4.69, 9.17) is 0 Å². The molecule has 0 unspecified atom stereocenters. The minimum Gasteiger partial charge on any atom is -0.340 e. The molecule has 1 aromatic heterocycles. The largest absolute Gasteiger partial charge is 0.340 e. The standard InChI is InChI=1S/C17H19FN2O3S2/c1-13-11-14(18)4-5-16(13)25(22,23)20-8-6-19(7-9-20)17(21)12-15-3-2-10-24-15/h2-5,10-11H,6-9,12H2,1H3. The van der Waals surface area contributed by atoms with Crippen molar-refractivity contribution in [2.45, 2.75) is 18.2 Å². The molecule has 0 saturated carbocycles. The third kappa shape index (κ3) is 3.91. The van der Waals surface area contributed by atoms with Crippen molar-refractivity contribution in [3.8, 4) is 0 Å². The van der Waals surface area contributed by atoms with Gasteiger partial charge in [0, 0.05) is 31.1 Å². The Hall–Kier alpha value is -1.77. The highest BCUT2D eigenvalue weighted by atomic mass is 32.2. The summed E-state index contributed by atoms with van der Waals surface area (Å²) in [6, 6.07) is 7.49. The molecule has 134 valence electrons. The van der Waals surface area contributed by atoms with E-state index in [1.807, 2.05) is 17.5 Å². The van der Waals surface area contributed by atoms with E-state index in [1.165, 1.54) is 27.8 Å². The van der Waals surface area contributed by atoms with E-state index in [1.54, 1.807) is 11.8 Å². The molecule has 1 aliphatic heterocycles. The van der Waals surface area contributed by atoms with E-state index in [9.17, 15) is 17.6 Å². The predicted octanol–water partition coefficient (Wildman–Crippen LogP) is 2.27. The Labute approximate surface area is 150 Å². The van der Waals surface area contributed by atoms with E-state index in [0.717, 1.165) is 10.9 Å². The summed E-state index contributed by atoms with van der Waals surface area (Å²) in [6.07, 6.45) is 0.349. The molecule has 0 N–H and O–H groups in total. The maximum Gasteiger partial charge on any atom is 0.243 e. The van der Waals surface area contributed by atoms with Crippen LogP contribution >= 0.6 is 11.3 Å². The van der Waals surface area contributed by atoms with Gasteiger partial charge in [0.15, 0.2) is 0 Å². The Balaban J connectivity index is 1.66. The summed E-state index contributed by atoms with van der Waals surface area (Å²) in [4.78, 5) is 15.1. The molecule has 0 atom stereocenters. The van der Waals surface area contributed by atoms with Crippen LogP contribution in [-0.4, -0.2) is 49.7 Å². The molecule has 8 heteroatoms. The molecule has 1 fully saturated rings. The van der Waals surface area contributed by atoms with E-state index in [2.05, 4.69) is 0 Å². The van der Waals surface area contributed by atoms with Gasteiger partial charge in [0.2, 0.25) is 15.9 Å². The maximum atomic E-state index is 13.2. The van der Waals surface area contributed by atoms with Crippen LogP contribution in [0.15, 0.2) is 40.6 Å². The third-order valence-corrected chi connectivity index (χ3v) is 7.19. The van der Waals surface area contributed by atoms with Gasteiger partial charge in [-0.3, -0.25) is 4.79 Å². The Morgan fingerprint density at radius 2 is 1.92 bits per heavy atom. The molecule has 5 nitrogen and oxygen atoms in total. The number of rotatable bonds is 4. The second-order valence-corrected chi connectivity index (χ2v) is 8.89. The van der Waals surface area contributed by atoms with Crippen LogP contribution in [0.3, 0.4) is 0 Å². The van der Waals surface area contributed by atoms with Crippen molar-refractivity contribution in [2.75, 3.05) is 26.2 Å². The first-order valence-corrected chi connectivity index (χ1v) is 10.3. The molecule has 3 rings (SSSR count). The molecule has 1 amide bonds. The molecular weight excluding hydrogens is 363 g/mol. The van der Waals surface area contributed by atoms with E-state index >= 15 is 0 Å². The van der Waals surface area contributed by atoms with Crippen molar-refractivity contribution >= 4 is 27.3 Å². The monoisotopic (exact) mass is 382 g/mol. The number of halogens is 1. The van der Waals surface area contributed by atoms with Crippen LogP contribution in [0.5, 0.6) is 0 Å². The summed E-state index contributed by atoms with van der Waals surface area (Å²) in [7, 11) is -3.68. The van der Waals surface area contributed by atoms with Gasteiger partial charge in [0.05, 0.1) is 11.3 Å². The number of aryl methyl sites for hydroxylation is 1. The van der Waals surface area contributed by atoms with Gasteiger partial charge >= 0.3 is 0 Å². The number of hydrogen-bond acceptors (Lipinski definition) is 4. The van der Waals surface area contributed by atoms with Crippen molar-refractivity contribution in [3.05, 3.63) is 52.0 Å². The number of carbonyl (C=O) groups excluding carboxylic acids is 1. The average Bonchev–Trinajstić information content (AvgIpc) is 3.07. The lowest BCUT2D eigenvalue weighted by atomic mass is 10.2. The number of nitrogens with zero attached hydrogens (tertiary/aromatic N) is 2. The Morgan fingerprint density at radius 3 is 2.52 bits per heavy atom. The molecule has 0 aliphatic carbocycles. The average molecular weight is 382 g/mol. The molecule has 0 radical (unpaired) electrons. The lowest BCUT2D eigenvalue weighted by Gasteiger charge is -2.34. The summed E-state index contributed by atoms with van der Waals surface area (Å²) >= 11 is 1.54. The summed E-state index contributed by atoms with van der Waals surface area (Å²) in [6.45, 7) is 2.80. The van der Waals surface area contributed by atoms with Crippen molar-refractivity contribution in [2.24, 2.45) is 0 Å².